The quantitative estimate of drug-likeness (QED) is 0.864. The van der Waals surface area contributed by atoms with Crippen LogP contribution in [0.3, 0.4) is 0 Å². The van der Waals surface area contributed by atoms with Crippen LogP contribution in [-0.2, 0) is 4.79 Å². The van der Waals surface area contributed by atoms with E-state index in [2.05, 4.69) is 6.07 Å². The molecule has 1 saturated heterocycles. The predicted molar refractivity (Wildman–Crippen MR) is 68.4 cm³/mol. The van der Waals surface area contributed by atoms with Crippen molar-refractivity contribution in [2.45, 2.75) is 13.8 Å². The highest BCUT2D eigenvalue weighted by atomic mass is 16.4. The Balaban J connectivity index is 2.29. The number of carboxylic acids is 1. The van der Waals surface area contributed by atoms with Crippen LogP contribution in [0, 0.1) is 30.1 Å². The van der Waals surface area contributed by atoms with Crippen LogP contribution in [0.5, 0.6) is 0 Å². The monoisotopic (exact) mass is 244 g/mol. The van der Waals surface area contributed by atoms with Crippen LogP contribution < -0.4 is 4.90 Å². The Morgan fingerprint density at radius 2 is 2.22 bits per heavy atom. The first kappa shape index (κ1) is 12.4. The van der Waals surface area contributed by atoms with Gasteiger partial charge in [0.05, 0.1) is 17.2 Å². The molecule has 1 aliphatic heterocycles. The molecule has 0 spiro atoms. The van der Waals surface area contributed by atoms with E-state index in [1.807, 2.05) is 36.9 Å². The number of nitriles is 1. The highest BCUT2D eigenvalue weighted by Crippen LogP contribution is 2.30. The Labute approximate surface area is 106 Å². The van der Waals surface area contributed by atoms with E-state index in [1.165, 1.54) is 0 Å². The molecule has 1 heterocycles. The van der Waals surface area contributed by atoms with Gasteiger partial charge in [-0.3, -0.25) is 4.79 Å². The van der Waals surface area contributed by atoms with E-state index in [1.54, 1.807) is 0 Å². The molecule has 1 aliphatic rings. The second-order valence-corrected chi connectivity index (χ2v) is 4.96. The molecular weight excluding hydrogens is 228 g/mol. The summed E-state index contributed by atoms with van der Waals surface area (Å²) in [5.41, 5.74) is 2.50. The van der Waals surface area contributed by atoms with Gasteiger partial charge in [-0.15, -0.1) is 0 Å². The van der Waals surface area contributed by atoms with Gasteiger partial charge in [0, 0.05) is 13.1 Å². The smallest absolute Gasteiger partial charge is 0.308 e. The van der Waals surface area contributed by atoms with Crippen LogP contribution >= 0.6 is 0 Å². The minimum absolute atomic E-state index is 0.107. The van der Waals surface area contributed by atoms with Crippen LogP contribution in [0.15, 0.2) is 18.2 Å². The third kappa shape index (κ3) is 2.17. The molecule has 0 aromatic heterocycles. The molecule has 0 bridgehead atoms. The minimum Gasteiger partial charge on any atom is -0.481 e. The highest BCUT2D eigenvalue weighted by Gasteiger charge is 2.35. The molecule has 2 atom stereocenters. The fraction of sp³-hybridized carbons (Fsp3) is 0.429. The Morgan fingerprint density at radius 1 is 1.50 bits per heavy atom. The summed E-state index contributed by atoms with van der Waals surface area (Å²) < 4.78 is 0. The van der Waals surface area contributed by atoms with E-state index < -0.39 is 5.97 Å². The molecule has 18 heavy (non-hydrogen) atoms. The maximum atomic E-state index is 11.1. The molecule has 1 N–H and O–H groups in total. The van der Waals surface area contributed by atoms with Gasteiger partial charge in [0.2, 0.25) is 0 Å². The summed E-state index contributed by atoms with van der Waals surface area (Å²) >= 11 is 0. The fourth-order valence-electron chi connectivity index (χ4n) is 2.50. The number of hydrogen-bond acceptors (Lipinski definition) is 3. The van der Waals surface area contributed by atoms with Gasteiger partial charge in [-0.25, -0.2) is 0 Å². The Kier molecular flexibility index (Phi) is 3.24. The summed E-state index contributed by atoms with van der Waals surface area (Å²) in [6, 6.07) is 7.89. The van der Waals surface area contributed by atoms with Gasteiger partial charge in [0.25, 0.3) is 0 Å². The SMILES string of the molecule is Cc1ccc(N2C[C@@H](C)[C@H](C(=O)O)C2)c(C#N)c1. The van der Waals surface area contributed by atoms with E-state index >= 15 is 0 Å². The van der Waals surface area contributed by atoms with Gasteiger partial charge in [0.1, 0.15) is 6.07 Å². The molecule has 4 nitrogen and oxygen atoms in total. The Bertz CT molecular complexity index is 519. The number of hydrogen-bond donors (Lipinski definition) is 1. The van der Waals surface area contributed by atoms with E-state index in [0.717, 1.165) is 11.3 Å². The zero-order valence-corrected chi connectivity index (χ0v) is 10.6. The van der Waals surface area contributed by atoms with E-state index in [0.29, 0.717) is 18.7 Å². The van der Waals surface area contributed by atoms with Crippen LogP contribution in [-0.4, -0.2) is 24.2 Å². The Hall–Kier alpha value is -2.02. The van der Waals surface area contributed by atoms with Gasteiger partial charge in [-0.05, 0) is 30.5 Å². The van der Waals surface area contributed by atoms with Crippen molar-refractivity contribution < 1.29 is 9.90 Å². The number of carbonyl (C=O) groups is 1. The van der Waals surface area contributed by atoms with Crippen molar-refractivity contribution in [3.8, 4) is 6.07 Å². The van der Waals surface area contributed by atoms with Gasteiger partial charge in [-0.2, -0.15) is 5.26 Å². The second kappa shape index (κ2) is 4.69. The van der Waals surface area contributed by atoms with Crippen LogP contribution in [0.2, 0.25) is 0 Å². The van der Waals surface area contributed by atoms with Crippen LogP contribution in [0.4, 0.5) is 5.69 Å². The van der Waals surface area contributed by atoms with Crippen molar-refractivity contribution in [3.63, 3.8) is 0 Å². The average molecular weight is 244 g/mol. The molecule has 4 heteroatoms. The minimum atomic E-state index is -0.754. The maximum Gasteiger partial charge on any atom is 0.308 e. The number of nitrogens with zero attached hydrogens (tertiary/aromatic N) is 2. The number of benzene rings is 1. The van der Waals surface area contributed by atoms with Crippen molar-refractivity contribution in [3.05, 3.63) is 29.3 Å². The topological polar surface area (TPSA) is 64.3 Å². The van der Waals surface area contributed by atoms with E-state index in [4.69, 9.17) is 10.4 Å². The lowest BCUT2D eigenvalue weighted by Gasteiger charge is -2.19. The first-order chi connectivity index (χ1) is 8.52. The zero-order chi connectivity index (χ0) is 13.3. The van der Waals surface area contributed by atoms with Gasteiger partial charge >= 0.3 is 5.97 Å². The summed E-state index contributed by atoms with van der Waals surface area (Å²) in [7, 11) is 0. The van der Waals surface area contributed by atoms with Crippen molar-refractivity contribution in [2.75, 3.05) is 18.0 Å². The van der Waals surface area contributed by atoms with E-state index in [-0.39, 0.29) is 11.8 Å². The predicted octanol–water partition coefficient (Wildman–Crippen LogP) is 2.02. The van der Waals surface area contributed by atoms with Crippen molar-refractivity contribution in [2.24, 2.45) is 11.8 Å². The first-order valence-corrected chi connectivity index (χ1v) is 6.01. The summed E-state index contributed by atoms with van der Waals surface area (Å²) in [5, 5.41) is 18.3. The molecule has 2 rings (SSSR count). The standard InChI is InChI=1S/C14H16N2O2/c1-9-3-4-13(11(5-9)6-15)16-7-10(2)12(8-16)14(17)18/h3-5,10,12H,7-8H2,1-2H3,(H,17,18)/t10-,12-/m1/s1. The summed E-state index contributed by atoms with van der Waals surface area (Å²) in [4.78, 5) is 13.1. The van der Waals surface area contributed by atoms with Crippen LogP contribution in [0.1, 0.15) is 18.1 Å². The van der Waals surface area contributed by atoms with Gasteiger partial charge < -0.3 is 10.0 Å². The zero-order valence-electron chi connectivity index (χ0n) is 10.6. The van der Waals surface area contributed by atoms with Gasteiger partial charge in [0.15, 0.2) is 0 Å². The fourth-order valence-corrected chi connectivity index (χ4v) is 2.50. The summed E-state index contributed by atoms with van der Waals surface area (Å²) in [6.45, 7) is 5.05. The normalized spacial score (nSPS) is 22.8. The highest BCUT2D eigenvalue weighted by molar-refractivity contribution is 5.73. The molecule has 1 aromatic carbocycles. The van der Waals surface area contributed by atoms with Crippen molar-refractivity contribution >= 4 is 11.7 Å². The molecular formula is C14H16N2O2. The number of aryl methyl sites for hydroxylation is 1. The van der Waals surface area contributed by atoms with Gasteiger partial charge in [-0.1, -0.05) is 13.0 Å². The third-order valence-corrected chi connectivity index (χ3v) is 3.54. The van der Waals surface area contributed by atoms with E-state index in [9.17, 15) is 4.79 Å². The van der Waals surface area contributed by atoms with Crippen molar-refractivity contribution in [1.29, 1.82) is 5.26 Å². The lowest BCUT2D eigenvalue weighted by molar-refractivity contribution is -0.142. The number of rotatable bonds is 2. The summed E-state index contributed by atoms with van der Waals surface area (Å²) in [6.07, 6.45) is 0. The molecule has 0 radical (unpaired) electrons. The summed E-state index contributed by atoms with van der Waals surface area (Å²) in [5.74, 6) is -0.996. The number of anilines is 1. The molecule has 94 valence electrons. The lowest BCUT2D eigenvalue weighted by Crippen LogP contribution is -2.23. The number of carboxylic acid groups (broad SMARTS) is 1. The molecule has 0 saturated carbocycles. The molecule has 0 amide bonds. The molecule has 1 fully saturated rings. The molecule has 0 unspecified atom stereocenters. The lowest BCUT2D eigenvalue weighted by atomic mass is 9.99. The largest absolute Gasteiger partial charge is 0.481 e. The Morgan fingerprint density at radius 3 is 2.78 bits per heavy atom. The number of aliphatic carboxylic acids is 1. The second-order valence-electron chi connectivity index (χ2n) is 4.96. The molecule has 1 aromatic rings. The average Bonchev–Trinajstić information content (AvgIpc) is 2.71. The molecule has 0 aliphatic carbocycles. The van der Waals surface area contributed by atoms with Crippen molar-refractivity contribution in [1.82, 2.24) is 0 Å². The third-order valence-electron chi connectivity index (χ3n) is 3.54. The van der Waals surface area contributed by atoms with Crippen LogP contribution in [0.25, 0.3) is 0 Å². The first-order valence-electron chi connectivity index (χ1n) is 6.01. The maximum absolute atomic E-state index is 11.1.